The number of hydrogen-bond donors (Lipinski definition) is 1. The molecule has 0 unspecified atom stereocenters. The van der Waals surface area contributed by atoms with E-state index in [1.54, 1.807) is 24.5 Å². The van der Waals surface area contributed by atoms with Crippen molar-refractivity contribution in [2.75, 3.05) is 6.54 Å². The van der Waals surface area contributed by atoms with Crippen LogP contribution in [-0.2, 0) is 0 Å². The first-order chi connectivity index (χ1) is 10.3. The number of carbonyl (C=O) groups excluding carboxylic acids is 1. The predicted octanol–water partition coefficient (Wildman–Crippen LogP) is 3.72. The van der Waals surface area contributed by atoms with Crippen LogP contribution in [0, 0.1) is 0 Å². The number of hydrogen-bond acceptors (Lipinski definition) is 3. The zero-order valence-corrected chi connectivity index (χ0v) is 12.6. The summed E-state index contributed by atoms with van der Waals surface area (Å²) in [6.45, 7) is 2.96. The zero-order chi connectivity index (χ0) is 14.9. The number of benzene rings is 1. The second kappa shape index (κ2) is 8.35. The summed E-state index contributed by atoms with van der Waals surface area (Å²) in [5, 5.41) is 2.97. The Bertz CT molecular complexity index is 583. The molecule has 0 radical (unpaired) electrons. The summed E-state index contributed by atoms with van der Waals surface area (Å²) in [6.07, 6.45) is 10.7. The molecule has 1 aromatic heterocycles. The summed E-state index contributed by atoms with van der Waals surface area (Å²) in [4.78, 5) is 20.5. The van der Waals surface area contributed by atoms with Gasteiger partial charge in [-0.25, -0.2) is 0 Å². The van der Waals surface area contributed by atoms with Gasteiger partial charge in [-0.1, -0.05) is 39.0 Å². The highest BCUT2D eigenvalue weighted by molar-refractivity contribution is 5.97. The normalized spacial score (nSPS) is 10.7. The van der Waals surface area contributed by atoms with Crippen LogP contribution < -0.4 is 5.32 Å². The van der Waals surface area contributed by atoms with Crippen molar-refractivity contribution in [3.63, 3.8) is 0 Å². The van der Waals surface area contributed by atoms with Crippen molar-refractivity contribution in [2.24, 2.45) is 0 Å². The van der Waals surface area contributed by atoms with Crippen LogP contribution in [0.5, 0.6) is 0 Å². The molecule has 2 rings (SSSR count). The zero-order valence-electron chi connectivity index (χ0n) is 12.6. The smallest absolute Gasteiger partial charge is 0.251 e. The third kappa shape index (κ3) is 4.81. The van der Waals surface area contributed by atoms with E-state index >= 15 is 0 Å². The Morgan fingerprint density at radius 1 is 1.00 bits per heavy atom. The van der Waals surface area contributed by atoms with Crippen LogP contribution in [-0.4, -0.2) is 22.4 Å². The first kappa shape index (κ1) is 15.4. The minimum atomic E-state index is -0.0314. The molecule has 4 nitrogen and oxygen atoms in total. The molecule has 1 N–H and O–H groups in total. The molecule has 0 saturated heterocycles. The van der Waals surface area contributed by atoms with Crippen LogP contribution in [0.15, 0.2) is 30.6 Å². The van der Waals surface area contributed by atoms with Gasteiger partial charge in [-0.15, -0.1) is 0 Å². The van der Waals surface area contributed by atoms with Crippen molar-refractivity contribution in [2.45, 2.75) is 45.4 Å². The molecule has 4 heteroatoms. The molecule has 0 saturated carbocycles. The monoisotopic (exact) mass is 285 g/mol. The van der Waals surface area contributed by atoms with Crippen LogP contribution in [0.1, 0.15) is 55.8 Å². The second-order valence-electron chi connectivity index (χ2n) is 5.28. The maximum Gasteiger partial charge on any atom is 0.251 e. The Labute approximate surface area is 126 Å². The van der Waals surface area contributed by atoms with Gasteiger partial charge < -0.3 is 5.32 Å². The van der Waals surface area contributed by atoms with Crippen molar-refractivity contribution >= 4 is 16.9 Å². The summed E-state index contributed by atoms with van der Waals surface area (Å²) in [5.74, 6) is -0.0314. The number of nitrogens with one attached hydrogen (secondary N) is 1. The van der Waals surface area contributed by atoms with Gasteiger partial charge in [0.25, 0.3) is 5.91 Å². The molecule has 1 aromatic carbocycles. The first-order valence-corrected chi connectivity index (χ1v) is 7.80. The lowest BCUT2D eigenvalue weighted by atomic mass is 10.1. The minimum Gasteiger partial charge on any atom is -0.352 e. The number of rotatable bonds is 8. The Morgan fingerprint density at radius 2 is 1.71 bits per heavy atom. The van der Waals surface area contributed by atoms with Gasteiger partial charge in [0.1, 0.15) is 0 Å². The van der Waals surface area contributed by atoms with Crippen molar-refractivity contribution in [1.82, 2.24) is 15.3 Å². The number of aromatic nitrogens is 2. The standard InChI is InChI=1S/C17H23N3O/c1-2-3-4-5-6-7-10-20-17(21)14-8-9-15-16(13-14)19-12-11-18-15/h8-9,11-13H,2-7,10H2,1H3,(H,20,21). The molecular formula is C17H23N3O. The maximum atomic E-state index is 12.1. The van der Waals surface area contributed by atoms with Crippen LogP contribution in [0.2, 0.25) is 0 Å². The highest BCUT2D eigenvalue weighted by atomic mass is 16.1. The van der Waals surface area contributed by atoms with E-state index in [9.17, 15) is 4.79 Å². The van der Waals surface area contributed by atoms with Gasteiger partial charge in [0.05, 0.1) is 11.0 Å². The first-order valence-electron chi connectivity index (χ1n) is 7.80. The average Bonchev–Trinajstić information content (AvgIpc) is 2.53. The molecule has 2 aromatic rings. The topological polar surface area (TPSA) is 54.9 Å². The number of fused-ring (bicyclic) bond motifs is 1. The fourth-order valence-electron chi connectivity index (χ4n) is 2.31. The fourth-order valence-corrected chi connectivity index (χ4v) is 2.31. The fraction of sp³-hybridized carbons (Fsp3) is 0.471. The summed E-state index contributed by atoms with van der Waals surface area (Å²) < 4.78 is 0. The van der Waals surface area contributed by atoms with E-state index in [0.717, 1.165) is 24.0 Å². The van der Waals surface area contributed by atoms with E-state index in [1.807, 2.05) is 6.07 Å². The van der Waals surface area contributed by atoms with Gasteiger partial charge in [0.2, 0.25) is 0 Å². The molecule has 1 heterocycles. The molecule has 0 aliphatic rings. The van der Waals surface area contributed by atoms with Gasteiger partial charge in [-0.05, 0) is 24.6 Å². The average molecular weight is 285 g/mol. The summed E-state index contributed by atoms with van der Waals surface area (Å²) >= 11 is 0. The van der Waals surface area contributed by atoms with Crippen molar-refractivity contribution in [3.8, 4) is 0 Å². The van der Waals surface area contributed by atoms with Crippen LogP contribution in [0.25, 0.3) is 11.0 Å². The molecule has 21 heavy (non-hydrogen) atoms. The Kier molecular flexibility index (Phi) is 6.13. The van der Waals surface area contributed by atoms with E-state index in [1.165, 1.54) is 32.1 Å². The number of carbonyl (C=O) groups is 1. The highest BCUT2D eigenvalue weighted by Crippen LogP contribution is 2.11. The summed E-state index contributed by atoms with van der Waals surface area (Å²) in [6, 6.07) is 5.43. The van der Waals surface area contributed by atoms with E-state index in [2.05, 4.69) is 22.2 Å². The van der Waals surface area contributed by atoms with E-state index in [-0.39, 0.29) is 5.91 Å². The largest absolute Gasteiger partial charge is 0.352 e. The quantitative estimate of drug-likeness (QED) is 0.752. The molecule has 0 atom stereocenters. The second-order valence-corrected chi connectivity index (χ2v) is 5.28. The van der Waals surface area contributed by atoms with E-state index < -0.39 is 0 Å². The summed E-state index contributed by atoms with van der Waals surface area (Å²) in [7, 11) is 0. The number of nitrogens with zero attached hydrogens (tertiary/aromatic N) is 2. The lowest BCUT2D eigenvalue weighted by Crippen LogP contribution is -2.24. The lowest BCUT2D eigenvalue weighted by Gasteiger charge is -2.06. The molecule has 0 aliphatic carbocycles. The number of amides is 1. The van der Waals surface area contributed by atoms with Crippen molar-refractivity contribution in [3.05, 3.63) is 36.2 Å². The molecular weight excluding hydrogens is 262 g/mol. The predicted molar refractivity (Wildman–Crippen MR) is 85.2 cm³/mol. The van der Waals surface area contributed by atoms with Crippen molar-refractivity contribution in [1.29, 1.82) is 0 Å². The number of unbranched alkanes of at least 4 members (excludes halogenated alkanes) is 5. The van der Waals surface area contributed by atoms with Gasteiger partial charge in [0.15, 0.2) is 0 Å². The third-order valence-corrected chi connectivity index (χ3v) is 3.55. The van der Waals surface area contributed by atoms with Crippen LogP contribution in [0.3, 0.4) is 0 Å². The Balaban J connectivity index is 1.77. The highest BCUT2D eigenvalue weighted by Gasteiger charge is 2.06. The van der Waals surface area contributed by atoms with Gasteiger partial charge in [0, 0.05) is 24.5 Å². The van der Waals surface area contributed by atoms with Crippen LogP contribution in [0.4, 0.5) is 0 Å². The minimum absolute atomic E-state index is 0.0314. The molecule has 0 spiro atoms. The van der Waals surface area contributed by atoms with Crippen molar-refractivity contribution < 1.29 is 4.79 Å². The molecule has 0 aliphatic heterocycles. The van der Waals surface area contributed by atoms with E-state index in [4.69, 9.17) is 0 Å². The molecule has 1 amide bonds. The molecule has 112 valence electrons. The maximum absolute atomic E-state index is 12.1. The Hall–Kier alpha value is -1.97. The lowest BCUT2D eigenvalue weighted by molar-refractivity contribution is 0.0953. The SMILES string of the molecule is CCCCCCCCNC(=O)c1ccc2nccnc2c1. The van der Waals surface area contributed by atoms with Crippen LogP contribution >= 0.6 is 0 Å². The molecule has 0 fully saturated rings. The Morgan fingerprint density at radius 3 is 2.52 bits per heavy atom. The third-order valence-electron chi connectivity index (χ3n) is 3.55. The summed E-state index contributed by atoms with van der Waals surface area (Å²) in [5.41, 5.74) is 2.21. The van der Waals surface area contributed by atoms with Gasteiger partial charge in [-0.2, -0.15) is 0 Å². The van der Waals surface area contributed by atoms with Gasteiger partial charge in [-0.3, -0.25) is 14.8 Å². The van der Waals surface area contributed by atoms with Gasteiger partial charge >= 0.3 is 0 Å². The van der Waals surface area contributed by atoms with E-state index in [0.29, 0.717) is 5.56 Å². The molecule has 0 bridgehead atoms.